The largest absolute Gasteiger partial charge is 0.481 e. The quantitative estimate of drug-likeness (QED) is 0.0338. The molecule has 0 radical (unpaired) electrons. The van der Waals surface area contributed by atoms with Gasteiger partial charge in [0.15, 0.2) is 0 Å². The van der Waals surface area contributed by atoms with Gasteiger partial charge in [-0.3, -0.25) is 28.4 Å². The predicted octanol–water partition coefficient (Wildman–Crippen LogP) is -1.84. The fourth-order valence-corrected chi connectivity index (χ4v) is 5.59. The molecule has 0 spiro atoms. The summed E-state index contributed by atoms with van der Waals surface area (Å²) in [5.41, 5.74) is 0.427. The SMILES string of the molecule is O=C(O)CC[C@H](NC(=O)NC(CCCCNC(=O)CC[C@H](NC(=O)Cn1cc(CCCF)nn1)C(=O)NCCCC[C@H](NC(=O)N[C@@H](CCC(=O)O)C(=O)O)C(=O)O)C(=O)O)C(=O)O. The number of halogens is 1. The number of aryl methyl sites for hydroxylation is 1. The van der Waals surface area contributed by atoms with Crippen molar-refractivity contribution < 1.29 is 87.8 Å². The zero-order chi connectivity index (χ0) is 48.2. The molecule has 1 heterocycles. The number of amides is 7. The number of aromatic nitrogens is 3. The van der Waals surface area contributed by atoms with Gasteiger partial charge in [-0.1, -0.05) is 5.21 Å². The number of rotatable bonds is 34. The molecule has 27 nitrogen and oxygen atoms in total. The van der Waals surface area contributed by atoms with Gasteiger partial charge >= 0.3 is 47.9 Å². The lowest BCUT2D eigenvalue weighted by atomic mass is 10.1. The summed E-state index contributed by atoms with van der Waals surface area (Å²) >= 11 is 0. The molecule has 64 heavy (non-hydrogen) atoms. The van der Waals surface area contributed by atoms with Crippen molar-refractivity contribution in [2.24, 2.45) is 0 Å². The third-order valence-corrected chi connectivity index (χ3v) is 8.94. The van der Waals surface area contributed by atoms with Gasteiger partial charge in [0.1, 0.15) is 36.8 Å². The van der Waals surface area contributed by atoms with Crippen LogP contribution in [0.25, 0.3) is 0 Å². The summed E-state index contributed by atoms with van der Waals surface area (Å²) in [5, 5.41) is 78.6. The third kappa shape index (κ3) is 24.3. The Hall–Kier alpha value is -7.16. The van der Waals surface area contributed by atoms with Gasteiger partial charge in [0.2, 0.25) is 17.7 Å². The lowest BCUT2D eigenvalue weighted by Crippen LogP contribution is -2.51. The molecule has 0 saturated heterocycles. The summed E-state index contributed by atoms with van der Waals surface area (Å²) in [7, 11) is 0. The van der Waals surface area contributed by atoms with E-state index in [2.05, 4.69) is 36.9 Å². The second kappa shape index (κ2) is 30.0. The predicted molar refractivity (Wildman–Crippen MR) is 212 cm³/mol. The summed E-state index contributed by atoms with van der Waals surface area (Å²) < 4.78 is 13.7. The van der Waals surface area contributed by atoms with Crippen molar-refractivity contribution >= 4 is 65.6 Å². The average Bonchev–Trinajstić information content (AvgIpc) is 3.66. The number of carboxylic acid groups (broad SMARTS) is 6. The fourth-order valence-electron chi connectivity index (χ4n) is 5.59. The fraction of sp³-hybridized carbons (Fsp3) is 0.639. The molecule has 28 heteroatoms. The number of unbranched alkanes of at least 4 members (excludes halogenated alkanes) is 2. The van der Waals surface area contributed by atoms with Crippen LogP contribution in [0.5, 0.6) is 0 Å². The molecule has 0 aliphatic heterocycles. The number of hydrogen-bond donors (Lipinski definition) is 13. The Kier molecular flexibility index (Phi) is 25.7. The summed E-state index contributed by atoms with van der Waals surface area (Å²) in [6.07, 6.45) is -0.265. The van der Waals surface area contributed by atoms with E-state index in [-0.39, 0.29) is 83.8 Å². The van der Waals surface area contributed by atoms with Crippen LogP contribution >= 0.6 is 0 Å². The van der Waals surface area contributed by atoms with E-state index in [1.54, 1.807) is 0 Å². The maximum Gasteiger partial charge on any atom is 0.326 e. The van der Waals surface area contributed by atoms with Gasteiger partial charge in [-0.2, -0.15) is 0 Å². The van der Waals surface area contributed by atoms with E-state index in [1.165, 1.54) is 10.9 Å². The zero-order valence-electron chi connectivity index (χ0n) is 34.6. The van der Waals surface area contributed by atoms with Crippen molar-refractivity contribution in [1.29, 1.82) is 0 Å². The lowest BCUT2D eigenvalue weighted by Gasteiger charge is -2.19. The Morgan fingerprint density at radius 1 is 0.531 bits per heavy atom. The molecule has 13 N–H and O–H groups in total. The van der Waals surface area contributed by atoms with Crippen LogP contribution in [-0.4, -0.2) is 161 Å². The molecular formula is C36H55FN10O17. The Balaban J connectivity index is 2.76. The Labute approximate surface area is 363 Å². The van der Waals surface area contributed by atoms with Crippen LogP contribution in [0, 0.1) is 0 Å². The van der Waals surface area contributed by atoms with Crippen molar-refractivity contribution in [2.45, 2.75) is 127 Å². The van der Waals surface area contributed by atoms with Crippen molar-refractivity contribution in [3.63, 3.8) is 0 Å². The van der Waals surface area contributed by atoms with E-state index >= 15 is 0 Å². The third-order valence-electron chi connectivity index (χ3n) is 8.94. The van der Waals surface area contributed by atoms with Gasteiger partial charge in [0.05, 0.1) is 12.4 Å². The summed E-state index contributed by atoms with van der Waals surface area (Å²) in [6, 6.07) is -9.69. The normalized spacial score (nSPS) is 13.1. The minimum atomic E-state index is -1.60. The maximum atomic E-state index is 13.2. The maximum absolute atomic E-state index is 13.2. The van der Waals surface area contributed by atoms with E-state index in [0.29, 0.717) is 5.69 Å². The highest BCUT2D eigenvalue weighted by Gasteiger charge is 2.27. The van der Waals surface area contributed by atoms with Crippen molar-refractivity contribution in [3.05, 3.63) is 11.9 Å². The van der Waals surface area contributed by atoms with Crippen LogP contribution in [-0.2, 0) is 56.1 Å². The minimum absolute atomic E-state index is 0.0343. The minimum Gasteiger partial charge on any atom is -0.481 e. The molecular weight excluding hydrogens is 863 g/mol. The number of hydrogen-bond acceptors (Lipinski definition) is 13. The molecule has 358 valence electrons. The van der Waals surface area contributed by atoms with Crippen molar-refractivity contribution in [3.8, 4) is 0 Å². The van der Waals surface area contributed by atoms with Crippen LogP contribution in [0.3, 0.4) is 0 Å². The molecule has 1 unspecified atom stereocenters. The first-order chi connectivity index (χ1) is 30.2. The number of aliphatic carboxylic acids is 6. The molecule has 0 aliphatic rings. The van der Waals surface area contributed by atoms with E-state index < -0.39 is 128 Å². The van der Waals surface area contributed by atoms with Gasteiger partial charge in [-0.25, -0.2) is 33.4 Å². The number of carbonyl (C=O) groups excluding carboxylic acids is 5. The summed E-state index contributed by atoms with van der Waals surface area (Å²) in [6.45, 7) is -0.987. The first-order valence-electron chi connectivity index (χ1n) is 20.0. The molecule has 1 aromatic heterocycles. The number of nitrogens with zero attached hydrogens (tertiary/aromatic N) is 3. The monoisotopic (exact) mass is 918 g/mol. The highest BCUT2D eigenvalue weighted by molar-refractivity contribution is 5.89. The van der Waals surface area contributed by atoms with Crippen molar-refractivity contribution in [1.82, 2.24) is 52.2 Å². The van der Waals surface area contributed by atoms with E-state index in [9.17, 15) is 77.6 Å². The Morgan fingerprint density at radius 3 is 1.41 bits per heavy atom. The second-order valence-electron chi connectivity index (χ2n) is 14.2. The van der Waals surface area contributed by atoms with Crippen LogP contribution in [0.1, 0.15) is 89.2 Å². The molecule has 1 rings (SSSR count). The average molecular weight is 919 g/mol. The highest BCUT2D eigenvalue weighted by atomic mass is 19.1. The Bertz CT molecular complexity index is 1780. The molecule has 7 amide bonds. The first kappa shape index (κ1) is 54.9. The summed E-state index contributed by atoms with van der Waals surface area (Å²) in [4.78, 5) is 131. The molecule has 0 fully saturated rings. The zero-order valence-corrected chi connectivity index (χ0v) is 34.6. The van der Waals surface area contributed by atoms with E-state index in [0.717, 1.165) is 0 Å². The van der Waals surface area contributed by atoms with Gasteiger partial charge in [0.25, 0.3) is 0 Å². The van der Waals surface area contributed by atoms with E-state index in [4.69, 9.17) is 10.2 Å². The first-order valence-corrected chi connectivity index (χ1v) is 20.0. The van der Waals surface area contributed by atoms with Crippen molar-refractivity contribution in [2.75, 3.05) is 19.8 Å². The highest BCUT2D eigenvalue weighted by Crippen LogP contribution is 2.07. The molecule has 1 aromatic rings. The second-order valence-corrected chi connectivity index (χ2v) is 14.2. The molecule has 5 atom stereocenters. The number of carboxylic acids is 6. The van der Waals surface area contributed by atoms with E-state index in [1.807, 2.05) is 10.6 Å². The van der Waals surface area contributed by atoms with Gasteiger partial charge in [-0.15, -0.1) is 5.10 Å². The van der Waals surface area contributed by atoms with Gasteiger partial charge < -0.3 is 67.9 Å². The topological polar surface area (TPSA) is 424 Å². The molecule has 0 aliphatic carbocycles. The van der Waals surface area contributed by atoms with Gasteiger partial charge in [0, 0.05) is 38.5 Å². The smallest absolute Gasteiger partial charge is 0.326 e. The molecule has 0 aromatic carbocycles. The standard InChI is InChI=1S/C36H55FN10O17/c37-15-5-6-20-18-47(46-45-20)19-27(49)40-21(30(54)39-17-4-2-8-23(32(57)58)42-36(64)44-25(34(61)62)11-14-29(52)53)9-12-26(48)38-16-3-1-7-22(31(55)56)41-35(63)43-24(33(59)60)10-13-28(50)51/h18,21-25H,1-17,19H2,(H,38,48)(H,39,54)(H,40,49)(H,50,51)(H,52,53)(H,55,56)(H,57,58)(H,59,60)(H,61,62)(H2,41,43,63)(H2,42,44,64)/t21-,22?,23-,24-,25-/m0/s1. The van der Waals surface area contributed by atoms with Crippen LogP contribution in [0.2, 0.25) is 0 Å². The Morgan fingerprint density at radius 2 is 0.969 bits per heavy atom. The lowest BCUT2D eigenvalue weighted by molar-refractivity contribution is -0.142. The van der Waals surface area contributed by atoms with Crippen LogP contribution in [0.15, 0.2) is 6.20 Å². The summed E-state index contributed by atoms with van der Waals surface area (Å²) in [5.74, 6) is -10.5. The number of carbonyl (C=O) groups is 11. The molecule has 0 saturated carbocycles. The number of urea groups is 2. The number of nitrogens with one attached hydrogen (secondary N) is 7. The molecule has 0 bridgehead atoms. The van der Waals surface area contributed by atoms with Crippen LogP contribution in [0.4, 0.5) is 14.0 Å². The number of alkyl halides is 1. The van der Waals surface area contributed by atoms with Gasteiger partial charge in [-0.05, 0) is 70.6 Å². The van der Waals surface area contributed by atoms with Crippen LogP contribution < -0.4 is 37.2 Å².